The highest BCUT2D eigenvalue weighted by Gasteiger charge is 2.31. The van der Waals surface area contributed by atoms with Crippen LogP contribution in [0.25, 0.3) is 10.9 Å². The highest BCUT2D eigenvalue weighted by Crippen LogP contribution is 2.34. The molecular formula is C21H26N2O4. The largest absolute Gasteiger partial charge is 0.491 e. The minimum atomic E-state index is -0.242. The van der Waals surface area contributed by atoms with Crippen molar-refractivity contribution in [2.24, 2.45) is 0 Å². The quantitative estimate of drug-likeness (QED) is 0.625. The number of H-pyrrole nitrogens is 1. The molecule has 144 valence electrons. The van der Waals surface area contributed by atoms with Gasteiger partial charge in [-0.05, 0) is 38.0 Å². The van der Waals surface area contributed by atoms with Gasteiger partial charge in [-0.15, -0.1) is 6.42 Å². The SMILES string of the molecule is C#Cc1c(N2CCC(C)(OC)CC2)c2cc(OCCOC)ccc2[nH]c1=O. The van der Waals surface area contributed by atoms with Crippen LogP contribution in [0, 0.1) is 12.3 Å². The molecule has 1 aromatic heterocycles. The fourth-order valence-corrected chi connectivity index (χ4v) is 3.46. The van der Waals surface area contributed by atoms with Crippen LogP contribution < -0.4 is 15.2 Å². The molecule has 0 radical (unpaired) electrons. The number of piperidine rings is 1. The predicted octanol–water partition coefficient (Wildman–Crippen LogP) is 2.54. The summed E-state index contributed by atoms with van der Waals surface area (Å²) in [6.45, 7) is 4.62. The molecule has 1 saturated heterocycles. The maximum absolute atomic E-state index is 12.5. The number of benzene rings is 1. The fourth-order valence-electron chi connectivity index (χ4n) is 3.46. The molecule has 6 nitrogen and oxygen atoms in total. The van der Waals surface area contributed by atoms with Crippen molar-refractivity contribution < 1.29 is 14.2 Å². The van der Waals surface area contributed by atoms with Crippen molar-refractivity contribution in [3.63, 3.8) is 0 Å². The van der Waals surface area contributed by atoms with Crippen LogP contribution in [-0.2, 0) is 9.47 Å². The van der Waals surface area contributed by atoms with Crippen LogP contribution in [0.3, 0.4) is 0 Å². The summed E-state index contributed by atoms with van der Waals surface area (Å²) in [5.41, 5.74) is 1.52. The normalized spacial score (nSPS) is 16.3. The standard InChI is InChI=1S/C21H26N2O4/c1-5-16-19(23-10-8-21(2,26-4)9-11-23)17-14-15(27-13-12-25-3)6-7-18(17)22-20(16)24/h1,6-7,14H,8-13H2,2-4H3,(H,22,24). The van der Waals surface area contributed by atoms with Crippen LogP contribution in [0.5, 0.6) is 5.75 Å². The number of ether oxygens (including phenoxy) is 3. The van der Waals surface area contributed by atoms with Crippen LogP contribution >= 0.6 is 0 Å². The number of aromatic nitrogens is 1. The number of fused-ring (bicyclic) bond motifs is 1. The van der Waals surface area contributed by atoms with Gasteiger partial charge in [0.2, 0.25) is 0 Å². The van der Waals surface area contributed by atoms with E-state index in [2.05, 4.69) is 22.7 Å². The number of methoxy groups -OCH3 is 2. The smallest absolute Gasteiger partial charge is 0.266 e. The van der Waals surface area contributed by atoms with Gasteiger partial charge in [0.25, 0.3) is 5.56 Å². The number of aromatic amines is 1. The van der Waals surface area contributed by atoms with E-state index in [9.17, 15) is 4.79 Å². The van der Waals surface area contributed by atoms with E-state index < -0.39 is 0 Å². The first-order valence-corrected chi connectivity index (χ1v) is 9.10. The molecule has 0 spiro atoms. The number of hydrogen-bond acceptors (Lipinski definition) is 5. The van der Waals surface area contributed by atoms with Gasteiger partial charge in [0.15, 0.2) is 0 Å². The fraction of sp³-hybridized carbons (Fsp3) is 0.476. The molecule has 1 N–H and O–H groups in total. The lowest BCUT2D eigenvalue weighted by atomic mass is 9.92. The van der Waals surface area contributed by atoms with E-state index in [1.54, 1.807) is 14.2 Å². The van der Waals surface area contributed by atoms with E-state index in [0.29, 0.717) is 18.8 Å². The van der Waals surface area contributed by atoms with Crippen LogP contribution in [-0.4, -0.2) is 51.1 Å². The second-order valence-corrected chi connectivity index (χ2v) is 7.01. The summed E-state index contributed by atoms with van der Waals surface area (Å²) in [6, 6.07) is 5.62. The van der Waals surface area contributed by atoms with Gasteiger partial charge < -0.3 is 24.1 Å². The molecule has 6 heteroatoms. The Labute approximate surface area is 159 Å². The van der Waals surface area contributed by atoms with Crippen molar-refractivity contribution in [2.75, 3.05) is 45.4 Å². The first-order valence-electron chi connectivity index (χ1n) is 9.10. The number of terminal acetylenes is 1. The maximum Gasteiger partial charge on any atom is 0.266 e. The number of nitrogens with one attached hydrogen (secondary N) is 1. The average Bonchev–Trinajstić information content (AvgIpc) is 2.68. The van der Waals surface area contributed by atoms with Gasteiger partial charge in [0.05, 0.1) is 23.4 Å². The number of hydrogen-bond donors (Lipinski definition) is 1. The maximum atomic E-state index is 12.5. The topological polar surface area (TPSA) is 63.8 Å². The van der Waals surface area contributed by atoms with E-state index >= 15 is 0 Å². The van der Waals surface area contributed by atoms with E-state index in [1.165, 1.54) is 0 Å². The van der Waals surface area contributed by atoms with Crippen LogP contribution in [0.1, 0.15) is 25.3 Å². The van der Waals surface area contributed by atoms with Gasteiger partial charge in [-0.2, -0.15) is 0 Å². The van der Waals surface area contributed by atoms with Gasteiger partial charge in [-0.3, -0.25) is 4.79 Å². The molecule has 1 aliphatic heterocycles. The molecule has 1 fully saturated rings. The van der Waals surface area contributed by atoms with Crippen molar-refractivity contribution in [1.82, 2.24) is 4.98 Å². The molecule has 0 unspecified atom stereocenters. The minimum absolute atomic E-state index is 0.141. The lowest BCUT2D eigenvalue weighted by Crippen LogP contribution is -2.44. The lowest BCUT2D eigenvalue weighted by Gasteiger charge is -2.40. The Morgan fingerprint density at radius 1 is 1.26 bits per heavy atom. The highest BCUT2D eigenvalue weighted by atomic mass is 16.5. The zero-order valence-electron chi connectivity index (χ0n) is 16.1. The summed E-state index contributed by atoms with van der Waals surface area (Å²) in [5, 5.41) is 0.887. The first kappa shape index (κ1) is 19.3. The summed E-state index contributed by atoms with van der Waals surface area (Å²) < 4.78 is 16.4. The number of rotatable bonds is 6. The molecular weight excluding hydrogens is 344 g/mol. The molecule has 2 heterocycles. The predicted molar refractivity (Wildman–Crippen MR) is 107 cm³/mol. The molecule has 0 amide bonds. The minimum Gasteiger partial charge on any atom is -0.491 e. The molecule has 0 atom stereocenters. The van der Waals surface area contributed by atoms with Gasteiger partial charge in [-0.1, -0.05) is 5.92 Å². The molecule has 2 aromatic rings. The zero-order chi connectivity index (χ0) is 19.4. The van der Waals surface area contributed by atoms with Crippen molar-refractivity contribution in [3.8, 4) is 18.1 Å². The van der Waals surface area contributed by atoms with Gasteiger partial charge >= 0.3 is 0 Å². The second-order valence-electron chi connectivity index (χ2n) is 7.01. The molecule has 27 heavy (non-hydrogen) atoms. The average molecular weight is 370 g/mol. The summed E-state index contributed by atoms with van der Waals surface area (Å²) in [5.74, 6) is 3.30. The van der Waals surface area contributed by atoms with Gasteiger partial charge in [0, 0.05) is 32.7 Å². The van der Waals surface area contributed by atoms with Crippen molar-refractivity contribution in [3.05, 3.63) is 34.1 Å². The molecule has 0 saturated carbocycles. The summed E-state index contributed by atoms with van der Waals surface area (Å²) >= 11 is 0. The third-order valence-corrected chi connectivity index (χ3v) is 5.29. The Kier molecular flexibility index (Phi) is 5.73. The van der Waals surface area contributed by atoms with Crippen molar-refractivity contribution in [1.29, 1.82) is 0 Å². The van der Waals surface area contributed by atoms with Crippen molar-refractivity contribution >= 4 is 16.6 Å². The number of nitrogens with zero attached hydrogens (tertiary/aromatic N) is 1. The Balaban J connectivity index is 2.04. The Bertz CT molecular complexity index is 905. The molecule has 1 aliphatic rings. The third-order valence-electron chi connectivity index (χ3n) is 5.29. The van der Waals surface area contributed by atoms with Gasteiger partial charge in [0.1, 0.15) is 17.9 Å². The van der Waals surface area contributed by atoms with Crippen LogP contribution in [0.4, 0.5) is 5.69 Å². The second kappa shape index (κ2) is 8.03. The molecule has 0 bridgehead atoms. The third kappa shape index (κ3) is 3.95. The van der Waals surface area contributed by atoms with Crippen LogP contribution in [0.15, 0.2) is 23.0 Å². The van der Waals surface area contributed by atoms with E-state index in [-0.39, 0.29) is 11.2 Å². The molecule has 3 rings (SSSR count). The van der Waals surface area contributed by atoms with E-state index in [4.69, 9.17) is 20.6 Å². The summed E-state index contributed by atoms with van der Waals surface area (Å²) in [4.78, 5) is 17.6. The highest BCUT2D eigenvalue weighted by molar-refractivity contribution is 5.95. The summed E-state index contributed by atoms with van der Waals surface area (Å²) in [7, 11) is 3.38. The summed E-state index contributed by atoms with van der Waals surface area (Å²) in [6.07, 6.45) is 7.43. The van der Waals surface area contributed by atoms with Crippen LogP contribution in [0.2, 0.25) is 0 Å². The molecule has 1 aromatic carbocycles. The Morgan fingerprint density at radius 3 is 2.63 bits per heavy atom. The van der Waals surface area contributed by atoms with E-state index in [1.807, 2.05) is 18.2 Å². The zero-order valence-corrected chi connectivity index (χ0v) is 16.1. The molecule has 0 aliphatic carbocycles. The number of pyridine rings is 1. The lowest BCUT2D eigenvalue weighted by molar-refractivity contribution is -0.0132. The van der Waals surface area contributed by atoms with Gasteiger partial charge in [-0.25, -0.2) is 0 Å². The van der Waals surface area contributed by atoms with E-state index in [0.717, 1.165) is 48.3 Å². The first-order chi connectivity index (χ1) is 13.0. The van der Waals surface area contributed by atoms with Crippen molar-refractivity contribution in [2.45, 2.75) is 25.4 Å². The Morgan fingerprint density at radius 2 is 2.00 bits per heavy atom. The monoisotopic (exact) mass is 370 g/mol. The Hall–Kier alpha value is -2.49. The number of anilines is 1.